The Bertz CT molecular complexity index is 561. The molecule has 114 valence electrons. The Hall–Kier alpha value is -0.830. The number of nitrogens with one attached hydrogen (secondary N) is 1. The fourth-order valence-electron chi connectivity index (χ4n) is 1.46. The molecule has 0 aliphatic rings. The Kier molecular flexibility index (Phi) is 5.81. The van der Waals surface area contributed by atoms with Gasteiger partial charge in [-0.1, -0.05) is 11.6 Å². The number of alkyl halides is 3. The van der Waals surface area contributed by atoms with Gasteiger partial charge in [-0.15, -0.1) is 0 Å². The van der Waals surface area contributed by atoms with Crippen LogP contribution >= 0.6 is 11.6 Å². The maximum absolute atomic E-state index is 12.8. The van der Waals surface area contributed by atoms with Gasteiger partial charge in [0.15, 0.2) is 0 Å². The quantitative estimate of drug-likeness (QED) is 0.815. The summed E-state index contributed by atoms with van der Waals surface area (Å²) in [6.45, 7) is 0.283. The lowest BCUT2D eigenvalue weighted by molar-refractivity contribution is -0.139. The molecular weight excluding hydrogens is 319 g/mol. The normalized spacial score (nSPS) is 12.7. The van der Waals surface area contributed by atoms with Crippen LogP contribution in [0.2, 0.25) is 5.02 Å². The first kappa shape index (κ1) is 17.2. The summed E-state index contributed by atoms with van der Waals surface area (Å²) in [5, 5.41) is -0.185. The average molecular weight is 332 g/mol. The van der Waals surface area contributed by atoms with E-state index in [4.69, 9.17) is 16.3 Å². The molecule has 0 aromatic heterocycles. The summed E-state index contributed by atoms with van der Waals surface area (Å²) < 4.78 is 69.1. The summed E-state index contributed by atoms with van der Waals surface area (Å²) >= 11 is 5.49. The van der Waals surface area contributed by atoms with Crippen molar-refractivity contribution in [2.24, 2.45) is 0 Å². The van der Waals surface area contributed by atoms with Crippen LogP contribution in [0, 0.1) is 0 Å². The molecule has 0 aliphatic heterocycles. The number of benzene rings is 1. The van der Waals surface area contributed by atoms with Crippen LogP contribution in [0.3, 0.4) is 0 Å². The van der Waals surface area contributed by atoms with Crippen LogP contribution in [-0.4, -0.2) is 28.7 Å². The van der Waals surface area contributed by atoms with Gasteiger partial charge < -0.3 is 4.74 Å². The lowest BCUT2D eigenvalue weighted by Gasteiger charge is -2.14. The largest absolute Gasteiger partial charge is 0.417 e. The van der Waals surface area contributed by atoms with E-state index < -0.39 is 26.7 Å². The molecule has 1 aromatic carbocycles. The Labute approximate surface area is 119 Å². The standard InChI is InChI=1S/C11H13ClF3NO3S/c1-19-6-2-5-16-20(17,18)10-4-3-8(12)7-9(10)11(13,14)15/h3-4,7,16H,2,5-6H2,1H3. The number of halogens is 4. The monoisotopic (exact) mass is 331 g/mol. The molecule has 0 bridgehead atoms. The van der Waals surface area contributed by atoms with Gasteiger partial charge in [0.1, 0.15) is 0 Å². The molecule has 0 atom stereocenters. The summed E-state index contributed by atoms with van der Waals surface area (Å²) in [4.78, 5) is -0.841. The summed E-state index contributed by atoms with van der Waals surface area (Å²) in [7, 11) is -2.82. The molecule has 0 aliphatic carbocycles. The minimum Gasteiger partial charge on any atom is -0.385 e. The van der Waals surface area contributed by atoms with Crippen molar-refractivity contribution in [2.75, 3.05) is 20.3 Å². The predicted octanol–water partition coefficient (Wildman–Crippen LogP) is 2.67. The van der Waals surface area contributed by atoms with Gasteiger partial charge in [-0.25, -0.2) is 13.1 Å². The Morgan fingerprint density at radius 3 is 2.55 bits per heavy atom. The van der Waals surface area contributed by atoms with Crippen molar-refractivity contribution >= 4 is 21.6 Å². The highest BCUT2D eigenvalue weighted by Crippen LogP contribution is 2.35. The van der Waals surface area contributed by atoms with E-state index in [-0.39, 0.29) is 11.6 Å². The van der Waals surface area contributed by atoms with Crippen molar-refractivity contribution in [3.63, 3.8) is 0 Å². The number of rotatable bonds is 6. The zero-order valence-electron chi connectivity index (χ0n) is 10.5. The molecule has 4 nitrogen and oxygen atoms in total. The number of methoxy groups -OCH3 is 1. The molecule has 0 saturated heterocycles. The molecule has 0 unspecified atom stereocenters. The van der Waals surface area contributed by atoms with Crippen molar-refractivity contribution < 1.29 is 26.3 Å². The molecule has 1 N–H and O–H groups in total. The van der Waals surface area contributed by atoms with Gasteiger partial charge in [0.05, 0.1) is 10.5 Å². The summed E-state index contributed by atoms with van der Waals surface area (Å²) in [6, 6.07) is 2.52. The first-order chi connectivity index (χ1) is 9.18. The second-order valence-corrected chi connectivity index (χ2v) is 6.05. The first-order valence-corrected chi connectivity index (χ1v) is 7.40. The highest BCUT2D eigenvalue weighted by atomic mass is 35.5. The van der Waals surface area contributed by atoms with Gasteiger partial charge in [-0.05, 0) is 24.6 Å². The van der Waals surface area contributed by atoms with Crippen molar-refractivity contribution in [3.8, 4) is 0 Å². The van der Waals surface area contributed by atoms with Crippen LogP contribution in [-0.2, 0) is 20.9 Å². The van der Waals surface area contributed by atoms with Crippen molar-refractivity contribution in [1.29, 1.82) is 0 Å². The molecule has 20 heavy (non-hydrogen) atoms. The molecule has 0 radical (unpaired) electrons. The Morgan fingerprint density at radius 2 is 2.00 bits per heavy atom. The lowest BCUT2D eigenvalue weighted by atomic mass is 10.2. The maximum Gasteiger partial charge on any atom is 0.417 e. The fourth-order valence-corrected chi connectivity index (χ4v) is 2.91. The Balaban J connectivity index is 3.06. The summed E-state index contributed by atoms with van der Waals surface area (Å²) in [5.74, 6) is 0. The summed E-state index contributed by atoms with van der Waals surface area (Å²) in [5.41, 5.74) is -1.29. The first-order valence-electron chi connectivity index (χ1n) is 5.54. The number of ether oxygens (including phenoxy) is 1. The number of hydrogen-bond donors (Lipinski definition) is 1. The van der Waals surface area contributed by atoms with E-state index in [0.29, 0.717) is 19.1 Å². The van der Waals surface area contributed by atoms with Gasteiger partial charge in [-0.3, -0.25) is 0 Å². The molecule has 0 fully saturated rings. The molecule has 9 heteroatoms. The Morgan fingerprint density at radius 1 is 1.35 bits per heavy atom. The van der Waals surface area contributed by atoms with Crippen LogP contribution in [0.1, 0.15) is 12.0 Å². The van der Waals surface area contributed by atoms with Gasteiger partial charge >= 0.3 is 6.18 Å². The van der Waals surface area contributed by atoms with E-state index in [9.17, 15) is 21.6 Å². The van der Waals surface area contributed by atoms with Gasteiger partial charge in [0.25, 0.3) is 0 Å². The lowest BCUT2D eigenvalue weighted by Crippen LogP contribution is -2.27. The van der Waals surface area contributed by atoms with E-state index in [2.05, 4.69) is 4.72 Å². The van der Waals surface area contributed by atoms with Crippen molar-refractivity contribution in [1.82, 2.24) is 4.72 Å². The van der Waals surface area contributed by atoms with Gasteiger partial charge in [0.2, 0.25) is 10.0 Å². The highest BCUT2D eigenvalue weighted by Gasteiger charge is 2.37. The third-order valence-corrected chi connectivity index (χ3v) is 4.11. The van der Waals surface area contributed by atoms with Crippen molar-refractivity contribution in [2.45, 2.75) is 17.5 Å². The summed E-state index contributed by atoms with van der Waals surface area (Å²) in [6.07, 6.45) is -4.45. The van der Waals surface area contributed by atoms with Crippen LogP contribution in [0.5, 0.6) is 0 Å². The molecule has 1 aromatic rings. The zero-order valence-corrected chi connectivity index (χ0v) is 12.1. The molecular formula is C11H13ClF3NO3S. The predicted molar refractivity (Wildman–Crippen MR) is 68.1 cm³/mol. The second-order valence-electron chi connectivity index (χ2n) is 3.88. The second kappa shape index (κ2) is 6.75. The van der Waals surface area contributed by atoms with Gasteiger partial charge in [-0.2, -0.15) is 13.2 Å². The van der Waals surface area contributed by atoms with Crippen LogP contribution in [0.15, 0.2) is 23.1 Å². The fraction of sp³-hybridized carbons (Fsp3) is 0.455. The average Bonchev–Trinajstić information content (AvgIpc) is 2.33. The third kappa shape index (κ3) is 4.62. The highest BCUT2D eigenvalue weighted by molar-refractivity contribution is 7.89. The SMILES string of the molecule is COCCCNS(=O)(=O)c1ccc(Cl)cc1C(F)(F)F. The number of hydrogen-bond acceptors (Lipinski definition) is 3. The molecule has 1 rings (SSSR count). The van der Waals surface area contributed by atoms with E-state index in [1.807, 2.05) is 0 Å². The van der Waals surface area contributed by atoms with Crippen LogP contribution in [0.4, 0.5) is 13.2 Å². The van der Waals surface area contributed by atoms with Crippen molar-refractivity contribution in [3.05, 3.63) is 28.8 Å². The maximum atomic E-state index is 12.8. The van der Waals surface area contributed by atoms with Crippen LogP contribution < -0.4 is 4.72 Å². The molecule has 0 amide bonds. The van der Waals surface area contributed by atoms with E-state index in [0.717, 1.165) is 12.1 Å². The zero-order chi connectivity index (χ0) is 15.4. The number of sulfonamides is 1. The minimum atomic E-state index is -4.80. The van der Waals surface area contributed by atoms with E-state index >= 15 is 0 Å². The van der Waals surface area contributed by atoms with Crippen LogP contribution in [0.25, 0.3) is 0 Å². The molecule has 0 heterocycles. The van der Waals surface area contributed by atoms with E-state index in [1.54, 1.807) is 0 Å². The molecule has 0 saturated carbocycles. The third-order valence-electron chi connectivity index (χ3n) is 2.35. The van der Waals surface area contributed by atoms with Gasteiger partial charge in [0, 0.05) is 25.3 Å². The smallest absolute Gasteiger partial charge is 0.385 e. The molecule has 0 spiro atoms. The minimum absolute atomic E-state index is 0.0178. The topological polar surface area (TPSA) is 55.4 Å². The van der Waals surface area contributed by atoms with E-state index in [1.165, 1.54) is 7.11 Å².